The van der Waals surface area contributed by atoms with Crippen LogP contribution in [0, 0.1) is 26.2 Å². The molecule has 1 aliphatic carbocycles. The molecule has 4 nitrogen and oxygen atoms in total. The van der Waals surface area contributed by atoms with Gasteiger partial charge in [-0.3, -0.25) is 14.4 Å². The fourth-order valence-electron chi connectivity index (χ4n) is 1.87. The topological polar surface area (TPSA) is 63.2 Å². The van der Waals surface area contributed by atoms with Crippen molar-refractivity contribution in [2.45, 2.75) is 32.2 Å². The molecule has 98 valence electrons. The molecule has 1 aliphatic rings. The number of aldehydes is 1. The van der Waals surface area contributed by atoms with E-state index in [0.29, 0.717) is 35.1 Å². The second-order valence-electron chi connectivity index (χ2n) is 4.65. The monoisotopic (exact) mass is 275 g/mol. The smallest absolute Gasteiger partial charge is 0.294 e. The fraction of sp³-hybridized carbons (Fsp3) is 0.357. The van der Waals surface area contributed by atoms with E-state index in [1.165, 1.54) is 0 Å². The first-order valence-electron chi connectivity index (χ1n) is 5.84. The fourth-order valence-corrected chi connectivity index (χ4v) is 2.93. The van der Waals surface area contributed by atoms with Gasteiger partial charge in [-0.2, -0.15) is 0 Å². The normalized spacial score (nSPS) is 15.4. The molecule has 0 unspecified atom stereocenters. The van der Waals surface area contributed by atoms with Crippen molar-refractivity contribution >= 4 is 29.3 Å². The average Bonchev–Trinajstić information content (AvgIpc) is 3.09. The molecule has 0 spiro atoms. The number of thiophene rings is 1. The van der Waals surface area contributed by atoms with Crippen LogP contribution in [-0.2, 0) is 4.79 Å². The van der Waals surface area contributed by atoms with Crippen molar-refractivity contribution in [1.82, 2.24) is 5.32 Å². The summed E-state index contributed by atoms with van der Waals surface area (Å²) in [5.41, 5.74) is 0.405. The number of nitrogens with one attached hydrogen (secondary N) is 1. The second kappa shape index (κ2) is 4.63. The molecule has 1 aromatic heterocycles. The number of hydrogen-bond acceptors (Lipinski definition) is 4. The van der Waals surface area contributed by atoms with E-state index in [4.69, 9.17) is 6.42 Å². The van der Waals surface area contributed by atoms with Crippen LogP contribution in [0.5, 0.6) is 0 Å². The van der Waals surface area contributed by atoms with Crippen molar-refractivity contribution in [3.05, 3.63) is 20.9 Å². The van der Waals surface area contributed by atoms with E-state index in [-0.39, 0.29) is 0 Å². The van der Waals surface area contributed by atoms with Gasteiger partial charge in [0.2, 0.25) is 0 Å². The molecule has 0 saturated heterocycles. The maximum atomic E-state index is 12.1. The number of hydrogen-bond donors (Lipinski definition) is 1. The van der Waals surface area contributed by atoms with Crippen LogP contribution < -0.4 is 5.32 Å². The standard InChI is InChI=1S/C14H13NO3S/c1-4-14(5-6-14)15-13(18)11(17)12-8(2)10(7-16)9(3)19-12/h1,7H,5-6H2,2-3H3,(H,15,18). The SMILES string of the molecule is C#CC1(NC(=O)C(=O)c2sc(C)c(C=O)c2C)CC1. The van der Waals surface area contributed by atoms with E-state index in [2.05, 4.69) is 11.2 Å². The van der Waals surface area contributed by atoms with Crippen molar-refractivity contribution in [3.63, 3.8) is 0 Å². The van der Waals surface area contributed by atoms with Crippen LogP contribution in [0.2, 0.25) is 0 Å². The second-order valence-corrected chi connectivity index (χ2v) is 5.88. The quantitative estimate of drug-likeness (QED) is 0.393. The van der Waals surface area contributed by atoms with Crippen LogP contribution in [0.1, 0.15) is 43.3 Å². The van der Waals surface area contributed by atoms with Gasteiger partial charge in [0, 0.05) is 10.4 Å². The number of carbonyl (C=O) groups excluding carboxylic acids is 3. The molecule has 0 atom stereocenters. The Kier molecular flexibility index (Phi) is 3.29. The van der Waals surface area contributed by atoms with Gasteiger partial charge in [0.25, 0.3) is 11.7 Å². The Morgan fingerprint density at radius 2 is 2.05 bits per heavy atom. The van der Waals surface area contributed by atoms with Crippen LogP contribution in [0.15, 0.2) is 0 Å². The van der Waals surface area contributed by atoms with Gasteiger partial charge in [-0.15, -0.1) is 17.8 Å². The first-order valence-corrected chi connectivity index (χ1v) is 6.65. The Morgan fingerprint density at radius 3 is 2.47 bits per heavy atom. The number of terminal acetylenes is 1. The van der Waals surface area contributed by atoms with E-state index in [1.54, 1.807) is 13.8 Å². The highest BCUT2D eigenvalue weighted by atomic mass is 32.1. The predicted octanol–water partition coefficient (Wildman–Crippen LogP) is 1.64. The molecule has 1 heterocycles. The first kappa shape index (κ1) is 13.5. The lowest BCUT2D eigenvalue weighted by Crippen LogP contribution is -2.40. The Morgan fingerprint density at radius 1 is 1.42 bits per heavy atom. The summed E-state index contributed by atoms with van der Waals surface area (Å²) in [5, 5.41) is 2.58. The Balaban J connectivity index is 2.23. The summed E-state index contributed by atoms with van der Waals surface area (Å²) in [6.07, 6.45) is 7.42. The third kappa shape index (κ3) is 2.32. The molecule has 0 aliphatic heterocycles. The molecule has 1 aromatic rings. The zero-order valence-electron chi connectivity index (χ0n) is 10.7. The van der Waals surface area contributed by atoms with Crippen molar-refractivity contribution < 1.29 is 14.4 Å². The summed E-state index contributed by atoms with van der Waals surface area (Å²) in [7, 11) is 0. The Hall–Kier alpha value is -1.93. The lowest BCUT2D eigenvalue weighted by atomic mass is 10.1. The molecular formula is C14H13NO3S. The highest BCUT2D eigenvalue weighted by molar-refractivity contribution is 7.15. The minimum atomic E-state index is -0.697. The summed E-state index contributed by atoms with van der Waals surface area (Å²) >= 11 is 1.16. The molecule has 1 N–H and O–H groups in total. The zero-order valence-corrected chi connectivity index (χ0v) is 11.5. The van der Waals surface area contributed by atoms with E-state index < -0.39 is 17.2 Å². The highest BCUT2D eigenvalue weighted by Crippen LogP contribution is 2.34. The minimum Gasteiger partial charge on any atom is -0.333 e. The molecule has 1 saturated carbocycles. The third-order valence-corrected chi connectivity index (χ3v) is 4.51. The van der Waals surface area contributed by atoms with E-state index in [1.807, 2.05) is 0 Å². The molecular weight excluding hydrogens is 262 g/mol. The molecule has 0 aromatic carbocycles. The summed E-state index contributed by atoms with van der Waals surface area (Å²) in [6, 6.07) is 0. The van der Waals surface area contributed by atoms with Gasteiger partial charge in [-0.25, -0.2) is 0 Å². The van der Waals surface area contributed by atoms with Crippen molar-refractivity contribution in [1.29, 1.82) is 0 Å². The predicted molar refractivity (Wildman–Crippen MR) is 72.5 cm³/mol. The van der Waals surface area contributed by atoms with Crippen LogP contribution in [-0.4, -0.2) is 23.5 Å². The average molecular weight is 275 g/mol. The lowest BCUT2D eigenvalue weighted by molar-refractivity contribution is -0.117. The molecule has 1 amide bonds. The number of amides is 1. The summed E-state index contributed by atoms with van der Waals surface area (Å²) in [4.78, 5) is 35.9. The maximum absolute atomic E-state index is 12.1. The highest BCUT2D eigenvalue weighted by Gasteiger charge is 2.43. The molecule has 0 radical (unpaired) electrons. The van der Waals surface area contributed by atoms with Crippen LogP contribution in [0.3, 0.4) is 0 Å². The lowest BCUT2D eigenvalue weighted by Gasteiger charge is -2.09. The molecule has 2 rings (SSSR count). The largest absolute Gasteiger partial charge is 0.333 e. The summed E-state index contributed by atoms with van der Waals surface area (Å²) in [6.45, 7) is 3.42. The minimum absolute atomic E-state index is 0.310. The van der Waals surface area contributed by atoms with Gasteiger partial charge in [0.05, 0.1) is 4.88 Å². The van der Waals surface area contributed by atoms with E-state index >= 15 is 0 Å². The third-order valence-electron chi connectivity index (χ3n) is 3.29. The number of ketones is 1. The molecule has 0 bridgehead atoms. The number of carbonyl (C=O) groups is 3. The van der Waals surface area contributed by atoms with Gasteiger partial charge in [0.15, 0.2) is 6.29 Å². The molecule has 1 fully saturated rings. The van der Waals surface area contributed by atoms with Gasteiger partial charge in [0.1, 0.15) is 5.54 Å². The van der Waals surface area contributed by atoms with Crippen molar-refractivity contribution in [2.75, 3.05) is 0 Å². The zero-order chi connectivity index (χ0) is 14.2. The summed E-state index contributed by atoms with van der Waals surface area (Å²) in [5.74, 6) is 1.17. The van der Waals surface area contributed by atoms with Gasteiger partial charge in [-0.1, -0.05) is 5.92 Å². The van der Waals surface area contributed by atoms with Crippen molar-refractivity contribution in [3.8, 4) is 12.3 Å². The van der Waals surface area contributed by atoms with Crippen LogP contribution >= 0.6 is 11.3 Å². The number of aryl methyl sites for hydroxylation is 1. The molecule has 19 heavy (non-hydrogen) atoms. The van der Waals surface area contributed by atoms with Crippen LogP contribution in [0.4, 0.5) is 0 Å². The Labute approximate surface area is 115 Å². The number of rotatable bonds is 4. The maximum Gasteiger partial charge on any atom is 0.294 e. The Bertz CT molecular complexity index is 617. The number of Topliss-reactive ketones (excluding diaryl/α,β-unsaturated/α-hetero) is 1. The first-order chi connectivity index (χ1) is 8.94. The van der Waals surface area contributed by atoms with Crippen LogP contribution in [0.25, 0.3) is 0 Å². The summed E-state index contributed by atoms with van der Waals surface area (Å²) < 4.78 is 0. The van der Waals surface area contributed by atoms with Gasteiger partial charge < -0.3 is 5.32 Å². The molecule has 5 heteroatoms. The van der Waals surface area contributed by atoms with Gasteiger partial charge in [-0.05, 0) is 32.3 Å². The van der Waals surface area contributed by atoms with Crippen molar-refractivity contribution in [2.24, 2.45) is 0 Å². The van der Waals surface area contributed by atoms with Gasteiger partial charge >= 0.3 is 0 Å². The van der Waals surface area contributed by atoms with E-state index in [9.17, 15) is 14.4 Å². The van der Waals surface area contributed by atoms with E-state index in [0.717, 1.165) is 16.2 Å².